The Balaban J connectivity index is 1.27. The maximum Gasteiger partial charge on any atom is 0.225 e. The normalized spacial score (nSPS) is 24.0. The van der Waals surface area contributed by atoms with E-state index >= 15 is 0 Å². The van der Waals surface area contributed by atoms with Gasteiger partial charge in [0, 0.05) is 74.1 Å². The second kappa shape index (κ2) is 10.8. The minimum absolute atomic E-state index is 0.319. The van der Waals surface area contributed by atoms with Crippen LogP contribution in [0.3, 0.4) is 0 Å². The first kappa shape index (κ1) is 24.9. The van der Waals surface area contributed by atoms with Gasteiger partial charge in [-0.25, -0.2) is 4.98 Å². The van der Waals surface area contributed by atoms with Gasteiger partial charge < -0.3 is 20.3 Å². The van der Waals surface area contributed by atoms with Gasteiger partial charge >= 0.3 is 0 Å². The zero-order chi connectivity index (χ0) is 26.1. The van der Waals surface area contributed by atoms with E-state index in [4.69, 9.17) is 20.0 Å². The van der Waals surface area contributed by atoms with Crippen molar-refractivity contribution in [3.63, 3.8) is 0 Å². The number of aryl methyl sites for hydroxylation is 1. The molecule has 1 aromatic carbocycles. The summed E-state index contributed by atoms with van der Waals surface area (Å²) in [5.41, 5.74) is 3.09. The van der Waals surface area contributed by atoms with Crippen molar-refractivity contribution in [3.05, 3.63) is 30.0 Å². The molecule has 3 N–H and O–H groups in total. The van der Waals surface area contributed by atoms with Crippen LogP contribution in [-0.2, 0) is 4.74 Å². The maximum atomic E-state index is 9.06. The number of rotatable bonds is 8. The summed E-state index contributed by atoms with van der Waals surface area (Å²) in [5, 5.41) is 24.5. The van der Waals surface area contributed by atoms with E-state index < -0.39 is 0 Å². The fourth-order valence-electron chi connectivity index (χ4n) is 6.55. The molecule has 0 amide bonds. The summed E-state index contributed by atoms with van der Waals surface area (Å²) >= 11 is 0. The van der Waals surface area contributed by atoms with E-state index in [9.17, 15) is 0 Å². The van der Waals surface area contributed by atoms with E-state index in [1.165, 1.54) is 18.5 Å². The first-order valence-corrected chi connectivity index (χ1v) is 13.9. The van der Waals surface area contributed by atoms with Gasteiger partial charge in [-0.2, -0.15) is 15.3 Å². The number of nitrogens with one attached hydrogen (secondary N) is 3. The zero-order valence-electron chi connectivity index (χ0n) is 22.3. The van der Waals surface area contributed by atoms with Gasteiger partial charge in [0.25, 0.3) is 0 Å². The molecule has 10 heteroatoms. The summed E-state index contributed by atoms with van der Waals surface area (Å²) in [5.74, 6) is 2.14. The van der Waals surface area contributed by atoms with Crippen molar-refractivity contribution in [2.24, 2.45) is 0 Å². The number of nitrogens with zero attached hydrogens (tertiary/aromatic N) is 6. The Morgan fingerprint density at radius 3 is 2.58 bits per heavy atom. The Morgan fingerprint density at radius 2 is 1.89 bits per heavy atom. The van der Waals surface area contributed by atoms with Crippen molar-refractivity contribution in [2.75, 3.05) is 42.3 Å². The largest absolute Gasteiger partial charge is 0.381 e. The summed E-state index contributed by atoms with van der Waals surface area (Å²) in [6.45, 7) is 4.82. The molecule has 3 aliphatic rings. The van der Waals surface area contributed by atoms with Crippen LogP contribution in [0.2, 0.25) is 0 Å². The number of hydrogen-bond donors (Lipinski definition) is 3. The van der Waals surface area contributed by atoms with Gasteiger partial charge in [-0.05, 0) is 63.6 Å². The fourth-order valence-corrected chi connectivity index (χ4v) is 6.55. The van der Waals surface area contributed by atoms with Gasteiger partial charge in [-0.1, -0.05) is 0 Å². The summed E-state index contributed by atoms with van der Waals surface area (Å²) < 4.78 is 5.56. The lowest BCUT2D eigenvalue weighted by Gasteiger charge is -2.38. The van der Waals surface area contributed by atoms with E-state index in [0.29, 0.717) is 36.6 Å². The quantitative estimate of drug-likeness (QED) is 0.402. The molecule has 2 aromatic heterocycles. The highest BCUT2D eigenvalue weighted by molar-refractivity contribution is 5.93. The predicted octanol–water partition coefficient (Wildman–Crippen LogP) is 4.34. The van der Waals surface area contributed by atoms with Crippen molar-refractivity contribution >= 4 is 34.2 Å². The van der Waals surface area contributed by atoms with E-state index in [2.05, 4.69) is 54.9 Å². The number of hydrogen-bond acceptors (Lipinski definition) is 9. The van der Waals surface area contributed by atoms with Crippen LogP contribution in [0, 0.1) is 18.3 Å². The topological polar surface area (TPSA) is 118 Å². The highest BCUT2D eigenvalue weighted by Gasteiger charge is 2.40. The highest BCUT2D eigenvalue weighted by atomic mass is 16.5. The summed E-state index contributed by atoms with van der Waals surface area (Å²) in [6, 6.07) is 12.1. The summed E-state index contributed by atoms with van der Waals surface area (Å²) in [6.07, 6.45) is 7.55. The second-order valence-corrected chi connectivity index (χ2v) is 10.9. The van der Waals surface area contributed by atoms with Crippen LogP contribution < -0.4 is 15.5 Å². The number of aromatic nitrogens is 4. The van der Waals surface area contributed by atoms with E-state index in [1.807, 2.05) is 13.0 Å². The molecule has 0 saturated carbocycles. The Bertz CT molecular complexity index is 1300. The minimum Gasteiger partial charge on any atom is -0.381 e. The van der Waals surface area contributed by atoms with Crippen LogP contribution in [0.4, 0.5) is 23.3 Å². The van der Waals surface area contributed by atoms with E-state index in [0.717, 1.165) is 73.6 Å². The number of piperidine rings is 2. The molecule has 0 spiro atoms. The number of fused-ring (bicyclic) bond motifs is 3. The van der Waals surface area contributed by atoms with Gasteiger partial charge in [-0.15, -0.1) is 0 Å². The van der Waals surface area contributed by atoms with Crippen LogP contribution in [0.15, 0.2) is 24.3 Å². The number of H-pyrrole nitrogens is 1. The Hall–Kier alpha value is -3.42. The molecule has 3 atom stereocenters. The molecule has 0 radical (unpaired) electrons. The number of anilines is 4. The monoisotopic (exact) mass is 515 g/mol. The number of benzene rings is 1. The third-order valence-electron chi connectivity index (χ3n) is 8.47. The molecule has 5 heterocycles. The van der Waals surface area contributed by atoms with Gasteiger partial charge in [0.2, 0.25) is 5.95 Å². The SMILES string of the molecule is COC1CCN(c2ccc3c(Nc4cc(C)[nH]n4)nc(N[C@@H]4C[C@H]5CC[C@@H](C4)N5CCC#N)nc3c2)CC1. The molecule has 3 saturated heterocycles. The number of ether oxygens (including phenoxy) is 1. The standard InChI is InChI=1S/C28H37N9O/c1-18-14-26(35-34-18)32-27-24-7-6-20(36-12-8-23(38-2)9-13-36)17-25(24)31-28(33-27)30-19-15-21-4-5-22(16-19)37(21)11-3-10-29/h6-7,14,17,19,21-23H,3-5,8-9,11-13,15-16H2,1-2H3,(H3,30,31,32,33,34,35)/t19-,21-,22+. The van der Waals surface area contributed by atoms with E-state index in [-0.39, 0.29) is 0 Å². The summed E-state index contributed by atoms with van der Waals surface area (Å²) in [4.78, 5) is 14.9. The lowest BCUT2D eigenvalue weighted by molar-refractivity contribution is 0.0819. The van der Waals surface area contributed by atoms with Crippen LogP contribution in [0.1, 0.15) is 50.6 Å². The lowest BCUT2D eigenvalue weighted by Crippen LogP contribution is -2.47. The Labute approximate surface area is 223 Å². The van der Waals surface area contributed by atoms with Crippen molar-refractivity contribution in [1.29, 1.82) is 5.26 Å². The lowest BCUT2D eigenvalue weighted by atomic mass is 9.97. The van der Waals surface area contributed by atoms with Crippen LogP contribution in [0.25, 0.3) is 10.9 Å². The highest BCUT2D eigenvalue weighted by Crippen LogP contribution is 2.37. The molecule has 3 aromatic rings. The molecule has 3 fully saturated rings. The molecule has 38 heavy (non-hydrogen) atoms. The number of aromatic amines is 1. The van der Waals surface area contributed by atoms with Gasteiger partial charge in [0.15, 0.2) is 5.82 Å². The second-order valence-electron chi connectivity index (χ2n) is 10.9. The summed E-state index contributed by atoms with van der Waals surface area (Å²) in [7, 11) is 1.80. The average Bonchev–Trinajstić information content (AvgIpc) is 3.45. The maximum absolute atomic E-state index is 9.06. The molecule has 200 valence electrons. The van der Waals surface area contributed by atoms with Crippen molar-refractivity contribution in [1.82, 2.24) is 25.1 Å². The first-order valence-electron chi connectivity index (χ1n) is 13.9. The Kier molecular flexibility index (Phi) is 7.04. The van der Waals surface area contributed by atoms with Crippen LogP contribution in [0.5, 0.6) is 0 Å². The van der Waals surface area contributed by atoms with Gasteiger partial charge in [-0.3, -0.25) is 10.00 Å². The first-order chi connectivity index (χ1) is 18.6. The molecular weight excluding hydrogens is 478 g/mol. The van der Waals surface area contributed by atoms with Gasteiger partial charge in [0.05, 0.1) is 17.7 Å². The molecule has 2 bridgehead atoms. The van der Waals surface area contributed by atoms with E-state index in [1.54, 1.807) is 7.11 Å². The molecule has 0 unspecified atom stereocenters. The molecule has 0 aliphatic carbocycles. The molecule has 10 nitrogen and oxygen atoms in total. The number of nitriles is 1. The minimum atomic E-state index is 0.319. The fraction of sp³-hybridized carbons (Fsp3) is 0.571. The Morgan fingerprint density at radius 1 is 1.11 bits per heavy atom. The molecule has 6 rings (SSSR count). The van der Waals surface area contributed by atoms with Gasteiger partial charge in [0.1, 0.15) is 5.82 Å². The van der Waals surface area contributed by atoms with Crippen LogP contribution >= 0.6 is 0 Å². The third kappa shape index (κ3) is 5.13. The molecular formula is C28H37N9O. The van der Waals surface area contributed by atoms with Crippen molar-refractivity contribution in [2.45, 2.75) is 76.1 Å². The van der Waals surface area contributed by atoms with Crippen molar-refractivity contribution in [3.8, 4) is 6.07 Å². The van der Waals surface area contributed by atoms with Crippen molar-refractivity contribution < 1.29 is 4.74 Å². The molecule has 3 aliphatic heterocycles. The van der Waals surface area contributed by atoms with Crippen LogP contribution in [-0.4, -0.2) is 76.0 Å². The predicted molar refractivity (Wildman–Crippen MR) is 149 cm³/mol. The third-order valence-corrected chi connectivity index (χ3v) is 8.47. The smallest absolute Gasteiger partial charge is 0.225 e. The average molecular weight is 516 g/mol. The number of methoxy groups -OCH3 is 1. The zero-order valence-corrected chi connectivity index (χ0v) is 22.3.